The Morgan fingerprint density at radius 1 is 1.19 bits per heavy atom. The fraction of sp³-hybridized carbons (Fsp3) is 0.105. The molecular formula is C19H15FN4O2. The monoisotopic (exact) mass is 350 g/mol. The van der Waals surface area contributed by atoms with Crippen LogP contribution >= 0.6 is 0 Å². The summed E-state index contributed by atoms with van der Waals surface area (Å²) in [6.07, 6.45) is 3.30. The van der Waals surface area contributed by atoms with Crippen molar-refractivity contribution >= 4 is 5.65 Å². The number of pyridine rings is 1. The third kappa shape index (κ3) is 2.73. The van der Waals surface area contributed by atoms with Crippen molar-refractivity contribution in [2.45, 2.75) is 6.92 Å². The highest BCUT2D eigenvalue weighted by atomic mass is 19.1. The maximum Gasteiger partial charge on any atom is 0.273 e. The van der Waals surface area contributed by atoms with Gasteiger partial charge in [0.1, 0.15) is 5.82 Å². The smallest absolute Gasteiger partial charge is 0.273 e. The molecule has 3 heterocycles. The van der Waals surface area contributed by atoms with Crippen LogP contribution < -0.4 is 10.3 Å². The number of hydrogen-bond acceptors (Lipinski definition) is 4. The number of aromatic amines is 1. The number of nitrogens with zero attached hydrogens (tertiary/aromatic N) is 3. The van der Waals surface area contributed by atoms with Crippen molar-refractivity contribution in [2.75, 3.05) is 6.61 Å². The summed E-state index contributed by atoms with van der Waals surface area (Å²) in [5, 5.41) is 2.89. The van der Waals surface area contributed by atoms with Crippen LogP contribution in [0.15, 0.2) is 59.7 Å². The van der Waals surface area contributed by atoms with Crippen molar-refractivity contribution in [3.63, 3.8) is 0 Å². The van der Waals surface area contributed by atoms with E-state index in [1.54, 1.807) is 36.7 Å². The molecule has 0 atom stereocenters. The zero-order valence-electron chi connectivity index (χ0n) is 13.9. The lowest BCUT2D eigenvalue weighted by atomic mass is 10.1. The van der Waals surface area contributed by atoms with Crippen LogP contribution in [0.5, 0.6) is 5.88 Å². The fourth-order valence-corrected chi connectivity index (χ4v) is 2.80. The number of benzene rings is 1. The molecule has 1 N–H and O–H groups in total. The number of fused-ring (bicyclic) bond motifs is 1. The van der Waals surface area contributed by atoms with Gasteiger partial charge in [-0.15, -0.1) is 0 Å². The summed E-state index contributed by atoms with van der Waals surface area (Å²) in [5.41, 5.74) is 2.75. The van der Waals surface area contributed by atoms with Crippen LogP contribution in [0.1, 0.15) is 6.92 Å². The lowest BCUT2D eigenvalue weighted by Gasteiger charge is -2.08. The van der Waals surface area contributed by atoms with Gasteiger partial charge < -0.3 is 4.74 Å². The molecule has 4 rings (SSSR count). The first-order valence-electron chi connectivity index (χ1n) is 8.12. The van der Waals surface area contributed by atoms with Crippen molar-refractivity contribution in [3.05, 3.63) is 71.0 Å². The number of aromatic nitrogens is 4. The van der Waals surface area contributed by atoms with Crippen LogP contribution in [0, 0.1) is 5.82 Å². The molecule has 6 nitrogen and oxygen atoms in total. The van der Waals surface area contributed by atoms with Gasteiger partial charge in [0.15, 0.2) is 5.65 Å². The molecule has 0 amide bonds. The molecule has 26 heavy (non-hydrogen) atoms. The second-order valence-corrected chi connectivity index (χ2v) is 5.62. The highest BCUT2D eigenvalue weighted by Crippen LogP contribution is 2.28. The predicted octanol–water partition coefficient (Wildman–Crippen LogP) is 3.29. The summed E-state index contributed by atoms with van der Waals surface area (Å²) in [7, 11) is 0. The molecule has 0 radical (unpaired) electrons. The molecule has 4 aromatic rings. The van der Waals surface area contributed by atoms with Gasteiger partial charge in [-0.2, -0.15) is 0 Å². The van der Waals surface area contributed by atoms with Gasteiger partial charge in [-0.05, 0) is 36.8 Å². The summed E-state index contributed by atoms with van der Waals surface area (Å²) in [6.45, 7) is 2.32. The van der Waals surface area contributed by atoms with Crippen molar-refractivity contribution in [3.8, 4) is 28.3 Å². The molecule has 0 aliphatic rings. The summed E-state index contributed by atoms with van der Waals surface area (Å²) >= 11 is 0. The third-order valence-corrected chi connectivity index (χ3v) is 3.98. The largest absolute Gasteiger partial charge is 0.477 e. The van der Waals surface area contributed by atoms with Gasteiger partial charge in [0.25, 0.3) is 5.56 Å². The molecule has 130 valence electrons. The summed E-state index contributed by atoms with van der Waals surface area (Å²) in [5.74, 6) is 0.0984. The number of halogens is 1. The van der Waals surface area contributed by atoms with Crippen molar-refractivity contribution in [2.24, 2.45) is 0 Å². The Kier molecular flexibility index (Phi) is 3.96. The van der Waals surface area contributed by atoms with Crippen LogP contribution in [-0.4, -0.2) is 26.2 Å². The minimum absolute atomic E-state index is 0.260. The molecular weight excluding hydrogens is 335 g/mol. The van der Waals surface area contributed by atoms with Crippen LogP contribution in [0.4, 0.5) is 4.39 Å². The molecule has 0 aliphatic heterocycles. The molecule has 0 fully saturated rings. The zero-order chi connectivity index (χ0) is 18.1. The van der Waals surface area contributed by atoms with Gasteiger partial charge in [0, 0.05) is 24.0 Å². The first-order valence-corrected chi connectivity index (χ1v) is 8.12. The number of rotatable bonds is 4. The van der Waals surface area contributed by atoms with Crippen LogP contribution in [-0.2, 0) is 0 Å². The minimum atomic E-state index is -0.323. The molecule has 0 unspecified atom stereocenters. The first-order chi connectivity index (χ1) is 12.7. The Hall–Kier alpha value is -3.48. The van der Waals surface area contributed by atoms with E-state index in [4.69, 9.17) is 4.74 Å². The number of H-pyrrole nitrogens is 1. The second-order valence-electron chi connectivity index (χ2n) is 5.62. The fourth-order valence-electron chi connectivity index (χ4n) is 2.80. The van der Waals surface area contributed by atoms with E-state index in [1.807, 2.05) is 6.92 Å². The highest BCUT2D eigenvalue weighted by Gasteiger charge is 2.15. The summed E-state index contributed by atoms with van der Waals surface area (Å²) in [4.78, 5) is 21.3. The Balaban J connectivity index is 1.92. The number of hydrogen-bond donors (Lipinski definition) is 1. The maximum absolute atomic E-state index is 13.2. The van der Waals surface area contributed by atoms with E-state index in [0.717, 1.165) is 5.56 Å². The molecule has 0 saturated carbocycles. The van der Waals surface area contributed by atoms with E-state index in [1.165, 1.54) is 22.7 Å². The molecule has 3 aromatic heterocycles. The van der Waals surface area contributed by atoms with Crippen molar-refractivity contribution in [1.82, 2.24) is 19.6 Å². The SMILES string of the molecule is CCOc1ncccc1-c1cc(=O)n2[nH]cc(-c3ccc(F)cc3)c2n1. The van der Waals surface area contributed by atoms with E-state index < -0.39 is 0 Å². The second kappa shape index (κ2) is 6.44. The third-order valence-electron chi connectivity index (χ3n) is 3.98. The van der Waals surface area contributed by atoms with E-state index in [0.29, 0.717) is 35.0 Å². The van der Waals surface area contributed by atoms with Crippen LogP contribution in [0.3, 0.4) is 0 Å². The van der Waals surface area contributed by atoms with Gasteiger partial charge in [-0.3, -0.25) is 9.89 Å². The number of ether oxygens (including phenoxy) is 1. The van der Waals surface area contributed by atoms with Crippen LogP contribution in [0.2, 0.25) is 0 Å². The Morgan fingerprint density at radius 3 is 2.77 bits per heavy atom. The molecule has 0 aliphatic carbocycles. The lowest BCUT2D eigenvalue weighted by Crippen LogP contribution is -2.14. The quantitative estimate of drug-likeness (QED) is 0.613. The van der Waals surface area contributed by atoms with E-state index in [-0.39, 0.29) is 11.4 Å². The van der Waals surface area contributed by atoms with Crippen LogP contribution in [0.25, 0.3) is 28.0 Å². The minimum Gasteiger partial charge on any atom is -0.477 e. The predicted molar refractivity (Wildman–Crippen MR) is 95.6 cm³/mol. The molecule has 0 spiro atoms. The Bertz CT molecular complexity index is 1130. The number of nitrogens with one attached hydrogen (secondary N) is 1. The van der Waals surface area contributed by atoms with Gasteiger partial charge in [0.2, 0.25) is 5.88 Å². The van der Waals surface area contributed by atoms with Crippen molar-refractivity contribution in [1.29, 1.82) is 0 Å². The zero-order valence-corrected chi connectivity index (χ0v) is 13.9. The Labute approximate surface area is 147 Å². The van der Waals surface area contributed by atoms with E-state index in [2.05, 4.69) is 15.1 Å². The summed E-state index contributed by atoms with van der Waals surface area (Å²) in [6, 6.07) is 11.0. The average Bonchev–Trinajstić information content (AvgIpc) is 3.08. The topological polar surface area (TPSA) is 72.3 Å². The van der Waals surface area contributed by atoms with Gasteiger partial charge in [-0.25, -0.2) is 18.9 Å². The molecule has 1 aromatic carbocycles. The lowest BCUT2D eigenvalue weighted by molar-refractivity contribution is 0.328. The van der Waals surface area contributed by atoms with Gasteiger partial charge in [-0.1, -0.05) is 12.1 Å². The highest BCUT2D eigenvalue weighted by molar-refractivity contribution is 5.78. The van der Waals surface area contributed by atoms with Gasteiger partial charge in [0.05, 0.1) is 17.9 Å². The van der Waals surface area contributed by atoms with E-state index in [9.17, 15) is 9.18 Å². The normalized spacial score (nSPS) is 11.0. The first kappa shape index (κ1) is 16.0. The molecule has 0 bridgehead atoms. The summed E-state index contributed by atoms with van der Waals surface area (Å²) < 4.78 is 20.1. The average molecular weight is 350 g/mol. The maximum atomic E-state index is 13.2. The molecule has 7 heteroatoms. The molecule has 0 saturated heterocycles. The Morgan fingerprint density at radius 2 is 2.00 bits per heavy atom. The van der Waals surface area contributed by atoms with Crippen molar-refractivity contribution < 1.29 is 9.13 Å². The van der Waals surface area contributed by atoms with E-state index >= 15 is 0 Å². The standard InChI is InChI=1S/C19H15FN4O2/c1-2-26-19-14(4-3-9-21-19)16-10-17(25)24-18(23-16)15(11-22-24)12-5-7-13(20)8-6-12/h3-11,22H,2H2,1H3. The van der Waals surface area contributed by atoms with Gasteiger partial charge >= 0.3 is 0 Å².